The number of hydrogen-bond acceptors (Lipinski definition) is 1. The monoisotopic (exact) mass is 633 g/mol. The highest BCUT2D eigenvalue weighted by atomic mass is 31.3. The normalized spacial score (nSPS) is 14.4. The average molecular weight is 634 g/mol. The van der Waals surface area contributed by atoms with Crippen LogP contribution in [-0.2, 0) is 0 Å². The predicted octanol–water partition coefficient (Wildman–Crippen LogP) is 5.63. The maximum absolute atomic E-state index is 5.87. The van der Waals surface area contributed by atoms with E-state index in [-0.39, 0.29) is 0 Å². The van der Waals surface area contributed by atoms with Crippen molar-refractivity contribution >= 4 is 30.0 Å². The Morgan fingerprint density at radius 1 is 0.385 bits per heavy atom. The molecule has 17 heteroatoms. The maximum atomic E-state index is 5.87. The van der Waals surface area contributed by atoms with E-state index in [2.05, 4.69) is 176 Å². The molecule has 0 rings (SSSR count). The molecule has 0 bridgehead atoms. The first-order chi connectivity index (χ1) is 17.7. The predicted molar refractivity (Wildman–Crippen MR) is 180 cm³/mol. The molecule has 39 heavy (non-hydrogen) atoms. The van der Waals surface area contributed by atoms with E-state index in [1.54, 1.807) is 0 Å². The molecule has 0 saturated carbocycles. The molecule has 0 spiro atoms. The van der Waals surface area contributed by atoms with Crippen molar-refractivity contribution in [2.75, 3.05) is 133 Å². The smallest absolute Gasteiger partial charge is 0.252 e. The summed E-state index contributed by atoms with van der Waals surface area (Å²) in [5.74, 6) is 0. The van der Waals surface area contributed by atoms with Gasteiger partial charge in [0.2, 0.25) is 0 Å². The van der Waals surface area contributed by atoms with Crippen molar-refractivity contribution in [3.05, 3.63) is 0 Å². The topological polar surface area (TPSA) is 78.6 Å². The van der Waals surface area contributed by atoms with Crippen LogP contribution in [0, 0.1) is 0 Å². The summed E-state index contributed by atoms with van der Waals surface area (Å²) in [6.45, 7) is 2.86. The van der Waals surface area contributed by atoms with Crippen molar-refractivity contribution < 1.29 is 0 Å². The van der Waals surface area contributed by atoms with E-state index >= 15 is 0 Å². The van der Waals surface area contributed by atoms with E-state index < -0.39 is 30.0 Å². The van der Waals surface area contributed by atoms with E-state index in [0.29, 0.717) is 6.54 Å². The van der Waals surface area contributed by atoms with Crippen LogP contribution in [0.1, 0.15) is 19.8 Å². The summed E-state index contributed by atoms with van der Waals surface area (Å²) in [4.78, 5) is 0. The standard InChI is InChI=1S/C22H63N13P4/c1-20-21-22-23-36(24-37(27(2)3,28(4)5)29(6)7,25-38(30(8)9,31(10)11)32(12)13)26-39(33(14)15,34(16)17)35(18)19/h20-22H2,1-19H3. The van der Waals surface area contributed by atoms with Gasteiger partial charge in [0.05, 0.1) is 0 Å². The van der Waals surface area contributed by atoms with Gasteiger partial charge in [-0.2, -0.15) is 13.5 Å². The lowest BCUT2D eigenvalue weighted by molar-refractivity contribution is 0.472. The van der Waals surface area contributed by atoms with Crippen LogP contribution >= 0.6 is 30.0 Å². The van der Waals surface area contributed by atoms with Crippen molar-refractivity contribution in [1.29, 1.82) is 0 Å². The zero-order valence-corrected chi connectivity index (χ0v) is 32.3. The van der Waals surface area contributed by atoms with Gasteiger partial charge in [-0.1, -0.05) is 13.3 Å². The fourth-order valence-corrected chi connectivity index (χ4v) is 23.5. The van der Waals surface area contributed by atoms with E-state index in [4.69, 9.17) is 18.3 Å². The first-order valence-corrected chi connectivity index (χ1v) is 19.7. The number of rotatable bonds is 15. The van der Waals surface area contributed by atoms with Gasteiger partial charge in [-0.3, -0.25) is 42.0 Å². The third kappa shape index (κ3) is 8.35. The molecule has 0 saturated heterocycles. The quantitative estimate of drug-likeness (QED) is 0.169. The van der Waals surface area contributed by atoms with Gasteiger partial charge in [-0.25, -0.2) is 4.74 Å². The Morgan fingerprint density at radius 3 is 0.744 bits per heavy atom. The highest BCUT2D eigenvalue weighted by Gasteiger charge is 2.41. The summed E-state index contributed by atoms with van der Waals surface area (Å²) >= 11 is 0. The van der Waals surface area contributed by atoms with Crippen LogP contribution in [0.3, 0.4) is 0 Å². The molecule has 0 N–H and O–H groups in total. The maximum Gasteiger partial charge on any atom is 0.306 e. The second-order valence-corrected chi connectivity index (χ2v) is 25.2. The molecular weight excluding hydrogens is 570 g/mol. The molecule has 0 unspecified atom stereocenters. The van der Waals surface area contributed by atoms with Crippen LogP contribution in [0.15, 0.2) is 18.3 Å². The van der Waals surface area contributed by atoms with Gasteiger partial charge >= 0.3 is 7.51 Å². The molecule has 0 radical (unpaired) electrons. The van der Waals surface area contributed by atoms with Crippen molar-refractivity contribution in [3.8, 4) is 0 Å². The van der Waals surface area contributed by atoms with E-state index in [1.165, 1.54) is 0 Å². The molecular formula is C22H63N13P4. The summed E-state index contributed by atoms with van der Waals surface area (Å²) in [5, 5.41) is 0. The molecule has 0 amide bonds. The Kier molecular flexibility index (Phi) is 16.1. The van der Waals surface area contributed by atoms with Crippen LogP contribution in [0.25, 0.3) is 0 Å². The van der Waals surface area contributed by atoms with E-state index in [0.717, 1.165) is 12.8 Å². The van der Waals surface area contributed by atoms with Crippen molar-refractivity contribution in [1.82, 2.24) is 42.0 Å². The minimum atomic E-state index is -3.10. The molecule has 0 fully saturated rings. The summed E-state index contributed by atoms with van der Waals surface area (Å²) in [6.07, 6.45) is 2.01. The molecule has 0 aromatic heterocycles. The summed E-state index contributed by atoms with van der Waals surface area (Å²) in [5.41, 5.74) is 0. The van der Waals surface area contributed by atoms with Gasteiger partial charge < -0.3 is 0 Å². The van der Waals surface area contributed by atoms with Crippen LogP contribution in [0.2, 0.25) is 0 Å². The van der Waals surface area contributed by atoms with Crippen molar-refractivity contribution in [2.24, 2.45) is 18.3 Å². The zero-order chi connectivity index (χ0) is 31.1. The van der Waals surface area contributed by atoms with Crippen LogP contribution < -0.4 is 0 Å². The first kappa shape index (κ1) is 39.6. The molecule has 13 nitrogen and oxygen atoms in total. The van der Waals surface area contributed by atoms with E-state index in [9.17, 15) is 0 Å². The van der Waals surface area contributed by atoms with Gasteiger partial charge in [-0.05, 0) is 133 Å². The summed E-state index contributed by atoms with van der Waals surface area (Å²) in [7, 11) is 27.6. The highest BCUT2D eigenvalue weighted by Crippen LogP contribution is 2.77. The van der Waals surface area contributed by atoms with Crippen LogP contribution in [0.5, 0.6) is 0 Å². The minimum absolute atomic E-state index is 0.664. The fourth-order valence-electron chi connectivity index (χ4n) is 4.92. The van der Waals surface area contributed by atoms with Crippen LogP contribution in [0.4, 0.5) is 0 Å². The first-order valence-electron chi connectivity index (χ1n) is 13.3. The Labute approximate surface area is 243 Å². The molecule has 0 aromatic rings. The fraction of sp³-hybridized carbons (Fsp3) is 1.00. The summed E-state index contributed by atoms with van der Waals surface area (Å²) < 4.78 is 43.3. The lowest BCUT2D eigenvalue weighted by Gasteiger charge is -2.45. The second-order valence-electron chi connectivity index (χ2n) is 11.3. The Hall–Kier alpha value is 0.560. The third-order valence-electron chi connectivity index (χ3n) is 6.35. The molecule has 0 atom stereocenters. The summed E-state index contributed by atoms with van der Waals surface area (Å²) in [6, 6.07) is 0. The Morgan fingerprint density at radius 2 is 0.590 bits per heavy atom. The average Bonchev–Trinajstić information content (AvgIpc) is 2.77. The van der Waals surface area contributed by atoms with Crippen LogP contribution in [-0.4, -0.2) is 175 Å². The number of nitrogens with zero attached hydrogens (tertiary/aromatic N) is 13. The van der Waals surface area contributed by atoms with Crippen molar-refractivity contribution in [3.63, 3.8) is 0 Å². The Balaban J connectivity index is 9.16. The van der Waals surface area contributed by atoms with E-state index in [1.807, 2.05) is 0 Å². The SMILES string of the molecule is CCCCN=P(N=P(N(C)C)(N(C)C)N(C)C)(N=P(N(C)C)(N(C)C)N(C)C)N=P(N(C)C)(N(C)C)N(C)C. The highest BCUT2D eigenvalue weighted by molar-refractivity contribution is 7.80. The van der Waals surface area contributed by atoms with Gasteiger partial charge in [-0.15, -0.1) is 0 Å². The van der Waals surface area contributed by atoms with Gasteiger partial charge in [0, 0.05) is 6.54 Å². The molecule has 0 heterocycles. The molecule has 0 aliphatic heterocycles. The lowest BCUT2D eigenvalue weighted by Crippen LogP contribution is -2.32. The Bertz CT molecular complexity index is 783. The zero-order valence-electron chi connectivity index (χ0n) is 28.7. The van der Waals surface area contributed by atoms with Gasteiger partial charge in [0.15, 0.2) is 22.5 Å². The minimum Gasteiger partial charge on any atom is -0.252 e. The van der Waals surface area contributed by atoms with Gasteiger partial charge in [0.25, 0.3) is 0 Å². The number of unbranched alkanes of at least 4 members (excludes halogenated alkanes) is 1. The van der Waals surface area contributed by atoms with Crippen molar-refractivity contribution in [2.45, 2.75) is 19.8 Å². The number of hydrogen-bond donors (Lipinski definition) is 0. The lowest BCUT2D eigenvalue weighted by atomic mass is 10.3. The molecule has 236 valence electrons. The third-order valence-corrected chi connectivity index (χ3v) is 22.4. The second kappa shape index (κ2) is 15.9. The largest absolute Gasteiger partial charge is 0.306 e. The van der Waals surface area contributed by atoms with Gasteiger partial charge in [0.1, 0.15) is 0 Å². The molecule has 0 aliphatic carbocycles. The molecule has 0 aromatic carbocycles. The molecule has 0 aliphatic rings.